The molecular formula is C20H19ClN2O3. The highest BCUT2D eigenvalue weighted by molar-refractivity contribution is 6.36. The number of hydrogen-bond donors (Lipinski definition) is 2. The number of benzene rings is 2. The lowest BCUT2D eigenvalue weighted by Gasteiger charge is -2.13. The average molecular weight is 371 g/mol. The lowest BCUT2D eigenvalue weighted by Crippen LogP contribution is -2.28. The third kappa shape index (κ3) is 3.30. The lowest BCUT2D eigenvalue weighted by molar-refractivity contribution is -0.115. The van der Waals surface area contributed by atoms with Crippen LogP contribution in [0.15, 0.2) is 48.2 Å². The highest BCUT2D eigenvalue weighted by Gasteiger charge is 2.34. The van der Waals surface area contributed by atoms with E-state index in [1.165, 1.54) is 7.05 Å². The van der Waals surface area contributed by atoms with Gasteiger partial charge in [0.05, 0.1) is 11.6 Å². The zero-order valence-corrected chi connectivity index (χ0v) is 15.5. The van der Waals surface area contributed by atoms with Crippen LogP contribution in [0.25, 0.3) is 16.7 Å². The smallest absolute Gasteiger partial charge is 0.412 e. The molecule has 1 aliphatic rings. The van der Waals surface area contributed by atoms with E-state index in [1.807, 2.05) is 49.4 Å². The van der Waals surface area contributed by atoms with Gasteiger partial charge in [-0.05, 0) is 42.7 Å². The molecule has 1 heterocycles. The average Bonchev–Trinajstić information content (AvgIpc) is 2.90. The first-order valence-corrected chi connectivity index (χ1v) is 8.60. The number of halogens is 1. The Balaban J connectivity index is 2.12. The standard InChI is InChI=1S/C20H19ClN2O3/c1-11-9-15(16(21)10-14(11)13-7-5-4-6-8-13)17-18(26-20(25)22-3)12(2)23-19(17)24/h4-10,12H,1-3H3,(H,22,25)(H,23,24). The summed E-state index contributed by atoms with van der Waals surface area (Å²) in [4.78, 5) is 24.1. The summed E-state index contributed by atoms with van der Waals surface area (Å²) in [6.45, 7) is 3.71. The lowest BCUT2D eigenvalue weighted by atomic mass is 9.95. The molecule has 0 saturated heterocycles. The molecule has 1 atom stereocenters. The van der Waals surface area contributed by atoms with Gasteiger partial charge in [-0.1, -0.05) is 41.9 Å². The minimum Gasteiger partial charge on any atom is -0.412 e. The second-order valence-electron chi connectivity index (χ2n) is 6.09. The molecular weight excluding hydrogens is 352 g/mol. The molecule has 0 bridgehead atoms. The van der Waals surface area contributed by atoms with Gasteiger partial charge in [-0.3, -0.25) is 4.79 Å². The number of ether oxygens (including phenoxy) is 1. The number of rotatable bonds is 3. The molecule has 134 valence electrons. The second-order valence-corrected chi connectivity index (χ2v) is 6.49. The molecule has 2 aromatic rings. The number of carbonyl (C=O) groups is 2. The normalized spacial score (nSPS) is 16.5. The Morgan fingerprint density at radius 1 is 1.19 bits per heavy atom. The summed E-state index contributed by atoms with van der Waals surface area (Å²) in [5, 5.41) is 5.57. The number of carbonyl (C=O) groups excluding carboxylic acids is 2. The minimum absolute atomic E-state index is 0.267. The first-order valence-electron chi connectivity index (χ1n) is 8.23. The Labute approximate surface area is 157 Å². The van der Waals surface area contributed by atoms with Crippen LogP contribution >= 0.6 is 11.6 Å². The fourth-order valence-electron chi connectivity index (χ4n) is 3.01. The molecule has 0 saturated carbocycles. The van der Waals surface area contributed by atoms with Crippen molar-refractivity contribution in [2.24, 2.45) is 0 Å². The van der Waals surface area contributed by atoms with Crippen LogP contribution in [-0.4, -0.2) is 25.1 Å². The molecule has 2 aromatic carbocycles. The van der Waals surface area contributed by atoms with E-state index in [1.54, 1.807) is 6.92 Å². The van der Waals surface area contributed by atoms with Gasteiger partial charge in [-0.2, -0.15) is 0 Å². The van der Waals surface area contributed by atoms with Gasteiger partial charge in [0.15, 0.2) is 0 Å². The second kappa shape index (κ2) is 7.22. The summed E-state index contributed by atoms with van der Waals surface area (Å²) in [7, 11) is 1.46. The largest absolute Gasteiger partial charge is 0.412 e. The van der Waals surface area contributed by atoms with E-state index >= 15 is 0 Å². The van der Waals surface area contributed by atoms with Crippen molar-refractivity contribution in [1.82, 2.24) is 10.6 Å². The van der Waals surface area contributed by atoms with Crippen molar-refractivity contribution in [1.29, 1.82) is 0 Å². The molecule has 2 N–H and O–H groups in total. The Bertz CT molecular complexity index is 907. The summed E-state index contributed by atoms with van der Waals surface area (Å²) in [6, 6.07) is 13.1. The fraction of sp³-hybridized carbons (Fsp3) is 0.200. The summed E-state index contributed by atoms with van der Waals surface area (Å²) >= 11 is 6.51. The highest BCUT2D eigenvalue weighted by Crippen LogP contribution is 2.36. The van der Waals surface area contributed by atoms with Crippen LogP contribution in [0.3, 0.4) is 0 Å². The van der Waals surface area contributed by atoms with Crippen molar-refractivity contribution < 1.29 is 14.3 Å². The van der Waals surface area contributed by atoms with Crippen molar-refractivity contribution >= 4 is 29.2 Å². The predicted molar refractivity (Wildman–Crippen MR) is 102 cm³/mol. The van der Waals surface area contributed by atoms with E-state index in [2.05, 4.69) is 10.6 Å². The van der Waals surface area contributed by atoms with Gasteiger partial charge in [0.2, 0.25) is 0 Å². The molecule has 0 radical (unpaired) electrons. The van der Waals surface area contributed by atoms with Crippen LogP contribution < -0.4 is 10.6 Å². The maximum Gasteiger partial charge on any atom is 0.412 e. The molecule has 2 amide bonds. The third-order valence-electron chi connectivity index (χ3n) is 4.29. The fourth-order valence-corrected chi connectivity index (χ4v) is 3.27. The van der Waals surface area contributed by atoms with Crippen LogP contribution in [0, 0.1) is 6.92 Å². The molecule has 0 aliphatic carbocycles. The van der Waals surface area contributed by atoms with Crippen molar-refractivity contribution in [3.8, 4) is 11.1 Å². The zero-order valence-electron chi connectivity index (χ0n) is 14.7. The molecule has 6 heteroatoms. The first-order chi connectivity index (χ1) is 12.4. The van der Waals surface area contributed by atoms with Crippen LogP contribution in [0.1, 0.15) is 18.1 Å². The topological polar surface area (TPSA) is 67.4 Å². The Kier molecular flexibility index (Phi) is 5.00. The van der Waals surface area contributed by atoms with E-state index in [0.717, 1.165) is 16.7 Å². The van der Waals surface area contributed by atoms with Gasteiger partial charge in [0.25, 0.3) is 5.91 Å². The van der Waals surface area contributed by atoms with Gasteiger partial charge < -0.3 is 15.4 Å². The van der Waals surface area contributed by atoms with Crippen molar-refractivity contribution in [3.05, 3.63) is 64.4 Å². The summed E-state index contributed by atoms with van der Waals surface area (Å²) in [5.41, 5.74) is 3.83. The van der Waals surface area contributed by atoms with Gasteiger partial charge in [0, 0.05) is 17.6 Å². The maximum absolute atomic E-state index is 12.4. The zero-order chi connectivity index (χ0) is 18.8. The highest BCUT2D eigenvalue weighted by atomic mass is 35.5. The van der Waals surface area contributed by atoms with E-state index < -0.39 is 12.1 Å². The molecule has 3 rings (SSSR count). The molecule has 5 nitrogen and oxygen atoms in total. The number of amides is 2. The van der Waals surface area contributed by atoms with E-state index in [0.29, 0.717) is 10.6 Å². The quantitative estimate of drug-likeness (QED) is 0.861. The molecule has 1 aliphatic heterocycles. The van der Waals surface area contributed by atoms with Gasteiger partial charge >= 0.3 is 6.09 Å². The van der Waals surface area contributed by atoms with Crippen molar-refractivity contribution in [3.63, 3.8) is 0 Å². The monoisotopic (exact) mass is 370 g/mol. The minimum atomic E-state index is -0.630. The van der Waals surface area contributed by atoms with Gasteiger partial charge in [-0.25, -0.2) is 4.79 Å². The van der Waals surface area contributed by atoms with Crippen molar-refractivity contribution in [2.75, 3.05) is 7.05 Å². The van der Waals surface area contributed by atoms with E-state index in [-0.39, 0.29) is 17.2 Å². The molecule has 1 unspecified atom stereocenters. The van der Waals surface area contributed by atoms with Gasteiger partial charge in [0.1, 0.15) is 5.76 Å². The summed E-state index contributed by atoms with van der Waals surface area (Å²) in [6.07, 6.45) is -0.630. The van der Waals surface area contributed by atoms with Crippen LogP contribution in [-0.2, 0) is 9.53 Å². The summed E-state index contributed by atoms with van der Waals surface area (Å²) in [5.74, 6) is -0.0479. The van der Waals surface area contributed by atoms with Crippen LogP contribution in [0.2, 0.25) is 5.02 Å². The Hall–Kier alpha value is -2.79. The summed E-state index contributed by atoms with van der Waals surface area (Å²) < 4.78 is 5.31. The van der Waals surface area contributed by atoms with Crippen LogP contribution in [0.5, 0.6) is 0 Å². The number of hydrogen-bond acceptors (Lipinski definition) is 3. The third-order valence-corrected chi connectivity index (χ3v) is 4.60. The SMILES string of the molecule is CNC(=O)OC1=C(c2cc(C)c(-c3ccccc3)cc2Cl)C(=O)NC1C. The van der Waals surface area contributed by atoms with Crippen molar-refractivity contribution in [2.45, 2.75) is 19.9 Å². The molecule has 0 spiro atoms. The number of nitrogens with one attached hydrogen (secondary N) is 2. The predicted octanol–water partition coefficient (Wildman–Crippen LogP) is 3.90. The first kappa shape index (κ1) is 18.0. The molecule has 26 heavy (non-hydrogen) atoms. The maximum atomic E-state index is 12.4. The van der Waals surface area contributed by atoms with Crippen LogP contribution in [0.4, 0.5) is 4.79 Å². The number of alkyl carbamates (subject to hydrolysis) is 1. The van der Waals surface area contributed by atoms with E-state index in [4.69, 9.17) is 16.3 Å². The number of aryl methyl sites for hydroxylation is 1. The Morgan fingerprint density at radius 2 is 1.88 bits per heavy atom. The molecule has 0 fully saturated rings. The van der Waals surface area contributed by atoms with E-state index in [9.17, 15) is 9.59 Å². The Morgan fingerprint density at radius 3 is 2.54 bits per heavy atom. The van der Waals surface area contributed by atoms with Gasteiger partial charge in [-0.15, -0.1) is 0 Å². The molecule has 0 aromatic heterocycles.